The highest BCUT2D eigenvalue weighted by atomic mass is 16.6. The lowest BCUT2D eigenvalue weighted by Gasteiger charge is -2.23. The Bertz CT molecular complexity index is 1040. The number of nitrogens with zero attached hydrogens (tertiary/aromatic N) is 2. The van der Waals surface area contributed by atoms with Crippen molar-refractivity contribution in [2.24, 2.45) is 0 Å². The van der Waals surface area contributed by atoms with Crippen LogP contribution in [-0.2, 0) is 0 Å². The van der Waals surface area contributed by atoms with Crippen molar-refractivity contribution in [3.8, 4) is 0 Å². The fourth-order valence-corrected chi connectivity index (χ4v) is 4.24. The molecule has 0 spiro atoms. The molecule has 0 aromatic heterocycles. The smallest absolute Gasteiger partial charge is 0.270 e. The van der Waals surface area contributed by atoms with Crippen LogP contribution in [-0.4, -0.2) is 46.7 Å². The molecule has 0 bridgehead atoms. The van der Waals surface area contributed by atoms with Gasteiger partial charge in [0.05, 0.1) is 21.6 Å². The fourth-order valence-electron chi connectivity index (χ4n) is 4.24. The number of rotatable bonds is 7. The number of hydrogen-bond acceptors (Lipinski definition) is 6. The summed E-state index contributed by atoms with van der Waals surface area (Å²) in [5.41, 5.74) is 1.16. The molecule has 1 fully saturated rings. The standard InChI is InChI=1S/C23H24N4O5/c28-21(25-15-6-2-1-3-7-15)19-14-16(27(31)32)10-11-20(19)24-12-13-26-22(29)17-8-4-5-9-18(17)23(26)30/h4-5,8-11,14-15,24H,1-3,6-7,12-13H2,(H,25,28). The number of anilines is 1. The maximum atomic E-state index is 12.9. The van der Waals surface area contributed by atoms with Crippen molar-refractivity contribution in [2.75, 3.05) is 18.4 Å². The Kier molecular flexibility index (Phi) is 6.16. The van der Waals surface area contributed by atoms with Crippen LogP contribution in [0.15, 0.2) is 42.5 Å². The first-order valence-electron chi connectivity index (χ1n) is 10.7. The van der Waals surface area contributed by atoms with E-state index in [9.17, 15) is 24.5 Å². The van der Waals surface area contributed by atoms with E-state index >= 15 is 0 Å². The first-order valence-corrected chi connectivity index (χ1v) is 10.7. The van der Waals surface area contributed by atoms with Crippen LogP contribution in [0.25, 0.3) is 0 Å². The highest BCUT2D eigenvalue weighted by Crippen LogP contribution is 2.25. The van der Waals surface area contributed by atoms with Gasteiger partial charge in [0, 0.05) is 37.0 Å². The molecule has 9 heteroatoms. The average molecular weight is 436 g/mol. The molecule has 4 rings (SSSR count). The minimum Gasteiger partial charge on any atom is -0.383 e. The van der Waals surface area contributed by atoms with Gasteiger partial charge in [0.2, 0.25) is 0 Å². The van der Waals surface area contributed by atoms with Gasteiger partial charge in [-0.3, -0.25) is 29.4 Å². The van der Waals surface area contributed by atoms with Gasteiger partial charge >= 0.3 is 0 Å². The third-order valence-electron chi connectivity index (χ3n) is 5.93. The molecule has 3 amide bonds. The highest BCUT2D eigenvalue weighted by Gasteiger charge is 2.34. The van der Waals surface area contributed by atoms with Gasteiger partial charge in [0.25, 0.3) is 23.4 Å². The van der Waals surface area contributed by atoms with E-state index in [0.717, 1.165) is 37.0 Å². The second kappa shape index (κ2) is 9.17. The van der Waals surface area contributed by atoms with Crippen LogP contribution in [0.2, 0.25) is 0 Å². The van der Waals surface area contributed by atoms with E-state index < -0.39 is 4.92 Å². The van der Waals surface area contributed by atoms with Gasteiger partial charge in [-0.2, -0.15) is 0 Å². The van der Waals surface area contributed by atoms with E-state index in [1.54, 1.807) is 24.3 Å². The lowest BCUT2D eigenvalue weighted by atomic mass is 9.95. The minimum absolute atomic E-state index is 0.0571. The minimum atomic E-state index is -0.542. The zero-order chi connectivity index (χ0) is 22.7. The molecule has 9 nitrogen and oxygen atoms in total. The molecule has 1 saturated carbocycles. The molecule has 2 aromatic rings. The quantitative estimate of drug-likeness (QED) is 0.390. The number of hydrogen-bond donors (Lipinski definition) is 2. The van der Waals surface area contributed by atoms with Gasteiger partial charge in [0.1, 0.15) is 0 Å². The van der Waals surface area contributed by atoms with Crippen molar-refractivity contribution < 1.29 is 19.3 Å². The predicted molar refractivity (Wildman–Crippen MR) is 118 cm³/mol. The van der Waals surface area contributed by atoms with Crippen LogP contribution < -0.4 is 10.6 Å². The molecule has 166 valence electrons. The van der Waals surface area contributed by atoms with Crippen LogP contribution in [0.3, 0.4) is 0 Å². The first-order chi connectivity index (χ1) is 15.5. The van der Waals surface area contributed by atoms with Gasteiger partial charge < -0.3 is 10.6 Å². The topological polar surface area (TPSA) is 122 Å². The number of non-ortho nitro benzene ring substituents is 1. The molecule has 2 aromatic carbocycles. The van der Waals surface area contributed by atoms with Gasteiger partial charge in [-0.25, -0.2) is 0 Å². The summed E-state index contributed by atoms with van der Waals surface area (Å²) < 4.78 is 0. The molecule has 0 radical (unpaired) electrons. The first kappa shape index (κ1) is 21.5. The molecular weight excluding hydrogens is 412 g/mol. The SMILES string of the molecule is O=C(NC1CCCCC1)c1cc([N+](=O)[O-])ccc1NCCN1C(=O)c2ccccc2C1=O. The Morgan fingerprint density at radius 3 is 2.31 bits per heavy atom. The summed E-state index contributed by atoms with van der Waals surface area (Å²) in [6, 6.07) is 10.8. The fraction of sp³-hybridized carbons (Fsp3) is 0.348. The summed E-state index contributed by atoms with van der Waals surface area (Å²) in [5.74, 6) is -1.08. The van der Waals surface area contributed by atoms with Crippen LogP contribution >= 0.6 is 0 Å². The van der Waals surface area contributed by atoms with Crippen LogP contribution in [0, 0.1) is 10.1 Å². The molecular formula is C23H24N4O5. The Balaban J connectivity index is 1.46. The number of carbonyl (C=O) groups is 3. The number of nitro benzene ring substituents is 1. The van der Waals surface area contributed by atoms with E-state index in [0.29, 0.717) is 16.8 Å². The number of benzene rings is 2. The highest BCUT2D eigenvalue weighted by molar-refractivity contribution is 6.21. The summed E-state index contributed by atoms with van der Waals surface area (Å²) >= 11 is 0. The third kappa shape index (κ3) is 4.32. The summed E-state index contributed by atoms with van der Waals surface area (Å²) in [4.78, 5) is 49.7. The van der Waals surface area contributed by atoms with Crippen molar-refractivity contribution >= 4 is 29.1 Å². The number of fused-ring (bicyclic) bond motifs is 1. The summed E-state index contributed by atoms with van der Waals surface area (Å²) in [5, 5.41) is 17.3. The van der Waals surface area contributed by atoms with Crippen LogP contribution in [0.5, 0.6) is 0 Å². The second-order valence-electron chi connectivity index (χ2n) is 8.03. The molecule has 32 heavy (non-hydrogen) atoms. The van der Waals surface area contributed by atoms with Gasteiger partial charge in [-0.15, -0.1) is 0 Å². The lowest BCUT2D eigenvalue weighted by molar-refractivity contribution is -0.384. The summed E-state index contributed by atoms with van der Waals surface area (Å²) in [6.07, 6.45) is 5.02. The van der Waals surface area contributed by atoms with Gasteiger partial charge in [0.15, 0.2) is 0 Å². The van der Waals surface area contributed by atoms with Crippen LogP contribution in [0.1, 0.15) is 63.2 Å². The number of amides is 3. The largest absolute Gasteiger partial charge is 0.383 e. The average Bonchev–Trinajstić information content (AvgIpc) is 3.04. The molecule has 0 saturated heterocycles. The number of nitro groups is 1. The van der Waals surface area contributed by atoms with Crippen molar-refractivity contribution in [1.82, 2.24) is 10.2 Å². The molecule has 1 aliphatic heterocycles. The van der Waals surface area contributed by atoms with Crippen molar-refractivity contribution in [3.05, 3.63) is 69.3 Å². The van der Waals surface area contributed by atoms with Gasteiger partial charge in [-0.1, -0.05) is 31.4 Å². The van der Waals surface area contributed by atoms with E-state index in [-0.39, 0.29) is 48.1 Å². The van der Waals surface area contributed by atoms with E-state index in [2.05, 4.69) is 10.6 Å². The van der Waals surface area contributed by atoms with Crippen LogP contribution in [0.4, 0.5) is 11.4 Å². The lowest BCUT2D eigenvalue weighted by Crippen LogP contribution is -2.37. The van der Waals surface area contributed by atoms with Crippen molar-refractivity contribution in [3.63, 3.8) is 0 Å². The number of carbonyl (C=O) groups excluding carboxylic acids is 3. The number of imide groups is 1. The molecule has 2 aliphatic rings. The third-order valence-corrected chi connectivity index (χ3v) is 5.93. The zero-order valence-electron chi connectivity index (χ0n) is 17.5. The Morgan fingerprint density at radius 1 is 1.03 bits per heavy atom. The molecule has 0 unspecified atom stereocenters. The van der Waals surface area contributed by atoms with Gasteiger partial charge in [-0.05, 0) is 31.0 Å². The zero-order valence-corrected chi connectivity index (χ0v) is 17.5. The molecule has 2 N–H and O–H groups in total. The second-order valence-corrected chi connectivity index (χ2v) is 8.03. The summed E-state index contributed by atoms with van der Waals surface area (Å²) in [7, 11) is 0. The van der Waals surface area contributed by atoms with E-state index in [4.69, 9.17) is 0 Å². The predicted octanol–water partition coefficient (Wildman–Crippen LogP) is 3.37. The maximum Gasteiger partial charge on any atom is 0.270 e. The van der Waals surface area contributed by atoms with Crippen molar-refractivity contribution in [1.29, 1.82) is 0 Å². The Hall–Kier alpha value is -3.75. The van der Waals surface area contributed by atoms with Crippen molar-refractivity contribution in [2.45, 2.75) is 38.1 Å². The molecule has 0 atom stereocenters. The number of nitrogens with one attached hydrogen (secondary N) is 2. The normalized spacial score (nSPS) is 16.1. The Morgan fingerprint density at radius 2 is 1.69 bits per heavy atom. The Labute approximate surface area is 184 Å². The molecule has 1 aliphatic carbocycles. The summed E-state index contributed by atoms with van der Waals surface area (Å²) in [6.45, 7) is 0.306. The molecule has 1 heterocycles. The monoisotopic (exact) mass is 436 g/mol. The maximum absolute atomic E-state index is 12.9. The van der Waals surface area contributed by atoms with E-state index in [1.807, 2.05) is 0 Å². The van der Waals surface area contributed by atoms with E-state index in [1.165, 1.54) is 18.2 Å².